The highest BCUT2D eigenvalue weighted by atomic mass is 15.3. The van der Waals surface area contributed by atoms with E-state index in [9.17, 15) is 0 Å². The predicted molar refractivity (Wildman–Crippen MR) is 67.2 cm³/mol. The van der Waals surface area contributed by atoms with Crippen molar-refractivity contribution in [3.8, 4) is 11.4 Å². The Morgan fingerprint density at radius 3 is 2.89 bits per heavy atom. The summed E-state index contributed by atoms with van der Waals surface area (Å²) in [6.45, 7) is 0. The maximum absolute atomic E-state index is 4.50. The van der Waals surface area contributed by atoms with E-state index in [-0.39, 0.29) is 0 Å². The monoisotopic (exact) mass is 235 g/mol. The van der Waals surface area contributed by atoms with Gasteiger partial charge in [0, 0.05) is 24.2 Å². The van der Waals surface area contributed by atoms with E-state index in [4.69, 9.17) is 0 Å². The average Bonchev–Trinajstić information content (AvgIpc) is 3.04. The van der Waals surface area contributed by atoms with Gasteiger partial charge in [0.05, 0.1) is 5.52 Å². The van der Waals surface area contributed by atoms with Crippen molar-refractivity contribution < 1.29 is 0 Å². The topological polar surface area (TPSA) is 47.5 Å². The van der Waals surface area contributed by atoms with Crippen LogP contribution in [0.15, 0.2) is 55.0 Å². The molecular weight excluding hydrogens is 226 g/mol. The molecule has 5 heteroatoms. The van der Waals surface area contributed by atoms with Crippen LogP contribution in [-0.2, 0) is 0 Å². The van der Waals surface area contributed by atoms with Crippen molar-refractivity contribution in [2.45, 2.75) is 0 Å². The van der Waals surface area contributed by atoms with Crippen molar-refractivity contribution in [2.75, 3.05) is 0 Å². The summed E-state index contributed by atoms with van der Waals surface area (Å²) in [6.07, 6.45) is 5.58. The number of aromatic nitrogens is 5. The zero-order valence-electron chi connectivity index (χ0n) is 9.43. The van der Waals surface area contributed by atoms with Gasteiger partial charge in [-0.1, -0.05) is 6.07 Å². The third kappa shape index (κ3) is 1.31. The average molecular weight is 235 g/mol. The van der Waals surface area contributed by atoms with Crippen LogP contribution in [0.4, 0.5) is 0 Å². The summed E-state index contributed by atoms with van der Waals surface area (Å²) >= 11 is 0. The second-order valence-corrected chi connectivity index (χ2v) is 4.05. The molecule has 4 heterocycles. The highest BCUT2D eigenvalue weighted by Crippen LogP contribution is 2.17. The van der Waals surface area contributed by atoms with Crippen LogP contribution in [0.5, 0.6) is 0 Å². The number of hydrogen-bond donors (Lipinski definition) is 0. The van der Waals surface area contributed by atoms with Crippen LogP contribution in [0.25, 0.3) is 22.6 Å². The highest BCUT2D eigenvalue weighted by molar-refractivity contribution is 5.64. The van der Waals surface area contributed by atoms with Crippen molar-refractivity contribution in [2.24, 2.45) is 0 Å². The van der Waals surface area contributed by atoms with Gasteiger partial charge in [-0.2, -0.15) is 5.10 Å². The number of rotatable bonds is 1. The molecule has 0 amide bonds. The highest BCUT2D eigenvalue weighted by Gasteiger charge is 2.06. The lowest BCUT2D eigenvalue weighted by atomic mass is 10.2. The molecular formula is C13H9N5. The fourth-order valence-electron chi connectivity index (χ4n) is 2.01. The van der Waals surface area contributed by atoms with Gasteiger partial charge in [0.25, 0.3) is 0 Å². The van der Waals surface area contributed by atoms with Gasteiger partial charge in [-0.3, -0.25) is 0 Å². The van der Waals surface area contributed by atoms with Gasteiger partial charge in [0.2, 0.25) is 0 Å². The molecule has 0 bridgehead atoms. The number of pyridine rings is 2. The Morgan fingerprint density at radius 2 is 1.94 bits per heavy atom. The second kappa shape index (κ2) is 3.40. The summed E-state index contributed by atoms with van der Waals surface area (Å²) < 4.78 is 3.59. The first kappa shape index (κ1) is 9.35. The van der Waals surface area contributed by atoms with Gasteiger partial charge in [0.15, 0.2) is 11.5 Å². The number of fused-ring (bicyclic) bond motifs is 2. The second-order valence-electron chi connectivity index (χ2n) is 4.05. The predicted octanol–water partition coefficient (Wildman–Crippen LogP) is 2.04. The molecule has 0 atom stereocenters. The Morgan fingerprint density at radius 1 is 0.944 bits per heavy atom. The molecule has 0 radical (unpaired) electrons. The molecule has 0 saturated carbocycles. The van der Waals surface area contributed by atoms with Crippen LogP contribution in [0, 0.1) is 0 Å². The Balaban J connectivity index is 1.94. The van der Waals surface area contributed by atoms with Crippen molar-refractivity contribution in [3.05, 3.63) is 55.0 Å². The van der Waals surface area contributed by atoms with E-state index in [0.29, 0.717) is 0 Å². The van der Waals surface area contributed by atoms with Gasteiger partial charge < -0.3 is 0 Å². The lowest BCUT2D eigenvalue weighted by Gasteiger charge is -1.96. The van der Waals surface area contributed by atoms with Gasteiger partial charge in [-0.05, 0) is 30.3 Å². The van der Waals surface area contributed by atoms with Crippen LogP contribution in [0.2, 0.25) is 0 Å². The molecule has 0 aliphatic carbocycles. The van der Waals surface area contributed by atoms with E-state index in [1.54, 1.807) is 10.7 Å². The van der Waals surface area contributed by atoms with E-state index in [1.807, 2.05) is 53.3 Å². The standard InChI is InChI=1S/C13H9N5/c1-2-7-18-12(3-1)15-13(16-18)10-5-8-17-11(9-10)4-6-14-17/h1-9H. The molecule has 0 unspecified atom stereocenters. The minimum absolute atomic E-state index is 0.727. The minimum atomic E-state index is 0.727. The van der Waals surface area contributed by atoms with E-state index in [2.05, 4.69) is 15.2 Å². The lowest BCUT2D eigenvalue weighted by Crippen LogP contribution is -1.88. The fourth-order valence-corrected chi connectivity index (χ4v) is 2.01. The molecule has 86 valence electrons. The molecule has 4 aromatic heterocycles. The van der Waals surface area contributed by atoms with Gasteiger partial charge in [-0.15, -0.1) is 5.10 Å². The first-order valence-electron chi connectivity index (χ1n) is 5.65. The van der Waals surface area contributed by atoms with Crippen molar-refractivity contribution in [3.63, 3.8) is 0 Å². The van der Waals surface area contributed by atoms with Crippen LogP contribution >= 0.6 is 0 Å². The summed E-state index contributed by atoms with van der Waals surface area (Å²) in [4.78, 5) is 4.50. The van der Waals surface area contributed by atoms with Gasteiger partial charge >= 0.3 is 0 Å². The Hall–Kier alpha value is -2.69. The molecule has 0 aliphatic heterocycles. The lowest BCUT2D eigenvalue weighted by molar-refractivity contribution is 0.953. The molecule has 0 spiro atoms. The van der Waals surface area contributed by atoms with Crippen LogP contribution in [-0.4, -0.2) is 24.2 Å². The maximum atomic E-state index is 4.50. The summed E-state index contributed by atoms with van der Waals surface area (Å²) in [7, 11) is 0. The molecule has 0 aliphatic rings. The van der Waals surface area contributed by atoms with E-state index in [0.717, 1.165) is 22.6 Å². The van der Waals surface area contributed by atoms with Gasteiger partial charge in [-0.25, -0.2) is 14.0 Å². The van der Waals surface area contributed by atoms with Crippen molar-refractivity contribution in [1.82, 2.24) is 24.2 Å². The van der Waals surface area contributed by atoms with Crippen LogP contribution < -0.4 is 0 Å². The smallest absolute Gasteiger partial charge is 0.182 e. The molecule has 0 N–H and O–H groups in total. The Bertz CT molecular complexity index is 809. The fraction of sp³-hybridized carbons (Fsp3) is 0. The summed E-state index contributed by atoms with van der Waals surface area (Å²) in [5, 5.41) is 8.62. The van der Waals surface area contributed by atoms with E-state index >= 15 is 0 Å². The first-order valence-corrected chi connectivity index (χ1v) is 5.65. The zero-order chi connectivity index (χ0) is 11.9. The quantitative estimate of drug-likeness (QED) is 0.507. The van der Waals surface area contributed by atoms with Gasteiger partial charge in [0.1, 0.15) is 0 Å². The van der Waals surface area contributed by atoms with E-state index in [1.165, 1.54) is 0 Å². The maximum Gasteiger partial charge on any atom is 0.182 e. The van der Waals surface area contributed by atoms with E-state index < -0.39 is 0 Å². The molecule has 0 aromatic carbocycles. The number of nitrogens with zero attached hydrogens (tertiary/aromatic N) is 5. The van der Waals surface area contributed by atoms with Crippen LogP contribution in [0.1, 0.15) is 0 Å². The first-order chi connectivity index (χ1) is 8.90. The van der Waals surface area contributed by atoms with Crippen molar-refractivity contribution in [1.29, 1.82) is 0 Å². The molecule has 18 heavy (non-hydrogen) atoms. The largest absolute Gasteiger partial charge is 0.241 e. The third-order valence-electron chi connectivity index (χ3n) is 2.90. The molecule has 5 nitrogen and oxygen atoms in total. The minimum Gasteiger partial charge on any atom is -0.241 e. The number of hydrogen-bond acceptors (Lipinski definition) is 3. The molecule has 0 fully saturated rings. The summed E-state index contributed by atoms with van der Waals surface area (Å²) in [5.41, 5.74) is 2.87. The molecule has 4 rings (SSSR count). The zero-order valence-corrected chi connectivity index (χ0v) is 9.43. The van der Waals surface area contributed by atoms with Crippen LogP contribution in [0.3, 0.4) is 0 Å². The Labute approximate surface area is 102 Å². The van der Waals surface area contributed by atoms with Crippen molar-refractivity contribution >= 4 is 11.2 Å². The SMILES string of the molecule is c1ccn2nc(-c3ccn4nccc4c3)nc2c1. The normalized spacial score (nSPS) is 11.3. The molecule has 4 aromatic rings. The molecule has 0 saturated heterocycles. The summed E-state index contributed by atoms with van der Waals surface area (Å²) in [5.74, 6) is 0.727. The third-order valence-corrected chi connectivity index (χ3v) is 2.90. The Kier molecular flexibility index (Phi) is 1.77. The summed E-state index contributed by atoms with van der Waals surface area (Å²) in [6, 6.07) is 11.8.